The fraction of sp³-hybridized carbons (Fsp3) is 0.118. The van der Waals surface area contributed by atoms with Crippen LogP contribution < -0.4 is 0 Å². The molecule has 0 N–H and O–H groups in total. The highest BCUT2D eigenvalue weighted by atomic mass is 79.9. The normalized spacial score (nSPS) is 12.3. The molecule has 1 heterocycles. The third-order valence-corrected chi connectivity index (χ3v) is 5.31. The summed E-state index contributed by atoms with van der Waals surface area (Å²) in [7, 11) is -3.40. The number of benzene rings is 2. The van der Waals surface area contributed by atoms with Crippen LogP contribution >= 0.6 is 15.9 Å². The second kappa shape index (κ2) is 6.55. The number of hydrogen-bond acceptors (Lipinski definition) is 3. The van der Waals surface area contributed by atoms with Crippen LogP contribution in [0.5, 0.6) is 0 Å². The number of alkyl halides is 3. The van der Waals surface area contributed by atoms with E-state index in [0.29, 0.717) is 11.3 Å². The van der Waals surface area contributed by atoms with Crippen LogP contribution in [0.3, 0.4) is 0 Å². The van der Waals surface area contributed by atoms with Crippen molar-refractivity contribution >= 4 is 25.8 Å². The van der Waals surface area contributed by atoms with Crippen LogP contribution in [-0.2, 0) is 16.0 Å². The summed E-state index contributed by atoms with van der Waals surface area (Å²) in [6.07, 6.45) is -3.53. The lowest BCUT2D eigenvalue weighted by atomic mass is 10.1. The summed E-state index contributed by atoms with van der Waals surface area (Å²) in [5, 5.41) is 3.67. The van der Waals surface area contributed by atoms with Gasteiger partial charge < -0.3 is 0 Å². The van der Waals surface area contributed by atoms with Crippen molar-refractivity contribution in [3.05, 3.63) is 64.8 Å². The van der Waals surface area contributed by atoms with E-state index in [-0.39, 0.29) is 10.6 Å². The Morgan fingerprint density at radius 2 is 1.58 bits per heavy atom. The number of nitrogens with zero attached hydrogens (tertiary/aromatic N) is 2. The van der Waals surface area contributed by atoms with Gasteiger partial charge in [0.15, 0.2) is 15.5 Å². The van der Waals surface area contributed by atoms with E-state index in [1.165, 1.54) is 24.3 Å². The summed E-state index contributed by atoms with van der Waals surface area (Å²) in [4.78, 5) is 0.0784. The average molecular weight is 445 g/mol. The molecule has 26 heavy (non-hydrogen) atoms. The van der Waals surface area contributed by atoms with Crippen molar-refractivity contribution in [2.45, 2.75) is 11.1 Å². The molecule has 1 aromatic heterocycles. The van der Waals surface area contributed by atoms with Gasteiger partial charge in [-0.15, -0.1) is 0 Å². The van der Waals surface area contributed by atoms with Crippen molar-refractivity contribution in [1.29, 1.82) is 0 Å². The maximum atomic E-state index is 13.1. The van der Waals surface area contributed by atoms with Gasteiger partial charge in [-0.05, 0) is 42.5 Å². The molecule has 0 spiro atoms. The minimum absolute atomic E-state index is 0.0784. The molecule has 0 amide bonds. The summed E-state index contributed by atoms with van der Waals surface area (Å²) in [6.45, 7) is 0. The number of hydrogen-bond donors (Lipinski definition) is 0. The van der Waals surface area contributed by atoms with Crippen LogP contribution in [0.15, 0.2) is 64.0 Å². The van der Waals surface area contributed by atoms with E-state index in [1.807, 2.05) is 0 Å². The molecule has 0 radical (unpaired) electrons. The quantitative estimate of drug-likeness (QED) is 0.586. The van der Waals surface area contributed by atoms with Crippen LogP contribution in [0.1, 0.15) is 5.69 Å². The lowest BCUT2D eigenvalue weighted by Gasteiger charge is -2.08. The van der Waals surface area contributed by atoms with E-state index in [0.717, 1.165) is 21.5 Å². The topological polar surface area (TPSA) is 52.0 Å². The van der Waals surface area contributed by atoms with Gasteiger partial charge in [0.05, 0.1) is 16.3 Å². The van der Waals surface area contributed by atoms with Crippen molar-refractivity contribution < 1.29 is 21.6 Å². The van der Waals surface area contributed by atoms with Gasteiger partial charge in [-0.3, -0.25) is 0 Å². The Morgan fingerprint density at radius 3 is 2.08 bits per heavy atom. The molecule has 9 heteroatoms. The van der Waals surface area contributed by atoms with Crippen molar-refractivity contribution in [2.24, 2.45) is 0 Å². The molecule has 3 rings (SSSR count). The standard InChI is InChI=1S/C17H12BrF3N2O2S/c1-26(24,25)14-8-6-13(7-9-14)23-15(10-16(22-23)17(19,20)21)11-2-4-12(18)5-3-11/h2-10H,1H3. The first-order chi connectivity index (χ1) is 12.1. The summed E-state index contributed by atoms with van der Waals surface area (Å²) >= 11 is 3.29. The van der Waals surface area contributed by atoms with Gasteiger partial charge in [0.25, 0.3) is 0 Å². The Kier molecular flexibility index (Phi) is 4.70. The second-order valence-electron chi connectivity index (χ2n) is 5.60. The molecule has 0 saturated carbocycles. The number of rotatable bonds is 3. The summed E-state index contributed by atoms with van der Waals surface area (Å²) in [6, 6.07) is 13.3. The maximum absolute atomic E-state index is 13.1. The molecule has 0 atom stereocenters. The summed E-state index contributed by atoms with van der Waals surface area (Å²) in [5.41, 5.74) is 0.0914. The van der Waals surface area contributed by atoms with Gasteiger partial charge >= 0.3 is 6.18 Å². The third kappa shape index (κ3) is 3.83. The lowest BCUT2D eigenvalue weighted by Crippen LogP contribution is -2.07. The highest BCUT2D eigenvalue weighted by molar-refractivity contribution is 9.10. The molecule has 0 aliphatic rings. The van der Waals surface area contributed by atoms with Crippen LogP contribution in [-0.4, -0.2) is 24.5 Å². The van der Waals surface area contributed by atoms with E-state index in [9.17, 15) is 21.6 Å². The molecule has 0 aliphatic carbocycles. The molecule has 0 fully saturated rings. The maximum Gasteiger partial charge on any atom is 0.435 e. The highest BCUT2D eigenvalue weighted by Gasteiger charge is 2.35. The minimum Gasteiger partial charge on any atom is -0.233 e. The van der Waals surface area contributed by atoms with E-state index in [1.54, 1.807) is 24.3 Å². The molecule has 136 valence electrons. The Hall–Kier alpha value is -2.13. The first-order valence-electron chi connectivity index (χ1n) is 7.29. The van der Waals surface area contributed by atoms with Gasteiger partial charge in [-0.25, -0.2) is 13.1 Å². The minimum atomic E-state index is -4.60. The molecular weight excluding hydrogens is 433 g/mol. The Labute approximate surface area is 156 Å². The third-order valence-electron chi connectivity index (χ3n) is 3.65. The van der Waals surface area contributed by atoms with E-state index < -0.39 is 21.7 Å². The summed E-state index contributed by atoms with van der Waals surface area (Å²) < 4.78 is 64.5. The first-order valence-corrected chi connectivity index (χ1v) is 9.98. The molecule has 3 aromatic rings. The zero-order valence-corrected chi connectivity index (χ0v) is 15.7. The highest BCUT2D eigenvalue weighted by Crippen LogP contribution is 2.33. The van der Waals surface area contributed by atoms with Gasteiger partial charge in [0.1, 0.15) is 0 Å². The number of halogens is 4. The fourth-order valence-electron chi connectivity index (χ4n) is 2.38. The van der Waals surface area contributed by atoms with Gasteiger partial charge in [-0.2, -0.15) is 18.3 Å². The molecule has 2 aromatic carbocycles. The predicted molar refractivity (Wildman–Crippen MR) is 94.8 cm³/mol. The molecular formula is C17H12BrF3N2O2S. The first kappa shape index (κ1) is 18.7. The van der Waals surface area contributed by atoms with Gasteiger partial charge in [0, 0.05) is 16.3 Å². The number of sulfone groups is 1. The van der Waals surface area contributed by atoms with E-state index in [4.69, 9.17) is 0 Å². The van der Waals surface area contributed by atoms with Crippen LogP contribution in [0.4, 0.5) is 13.2 Å². The molecule has 0 bridgehead atoms. The lowest BCUT2D eigenvalue weighted by molar-refractivity contribution is -0.141. The summed E-state index contributed by atoms with van der Waals surface area (Å²) in [5.74, 6) is 0. The SMILES string of the molecule is CS(=O)(=O)c1ccc(-n2nc(C(F)(F)F)cc2-c2ccc(Br)cc2)cc1. The van der Waals surface area contributed by atoms with Gasteiger partial charge in [0.2, 0.25) is 0 Å². The molecule has 0 unspecified atom stereocenters. The Balaban J connectivity index is 2.16. The zero-order chi connectivity index (χ0) is 19.1. The van der Waals surface area contributed by atoms with Crippen molar-refractivity contribution in [3.63, 3.8) is 0 Å². The zero-order valence-electron chi connectivity index (χ0n) is 13.3. The second-order valence-corrected chi connectivity index (χ2v) is 8.53. The van der Waals surface area contributed by atoms with Crippen LogP contribution in [0, 0.1) is 0 Å². The van der Waals surface area contributed by atoms with Crippen molar-refractivity contribution in [1.82, 2.24) is 9.78 Å². The Bertz CT molecular complexity index is 1040. The molecule has 4 nitrogen and oxygen atoms in total. The van der Waals surface area contributed by atoms with Crippen LogP contribution in [0.2, 0.25) is 0 Å². The molecule has 0 saturated heterocycles. The fourth-order valence-corrected chi connectivity index (χ4v) is 3.27. The Morgan fingerprint density at radius 1 is 1.00 bits per heavy atom. The van der Waals surface area contributed by atoms with Gasteiger partial charge in [-0.1, -0.05) is 28.1 Å². The number of aromatic nitrogens is 2. The largest absolute Gasteiger partial charge is 0.435 e. The van der Waals surface area contributed by atoms with Crippen molar-refractivity contribution in [3.8, 4) is 16.9 Å². The monoisotopic (exact) mass is 444 g/mol. The van der Waals surface area contributed by atoms with E-state index in [2.05, 4.69) is 21.0 Å². The smallest absolute Gasteiger partial charge is 0.233 e. The van der Waals surface area contributed by atoms with E-state index >= 15 is 0 Å². The molecule has 0 aliphatic heterocycles. The van der Waals surface area contributed by atoms with Crippen LogP contribution in [0.25, 0.3) is 16.9 Å². The average Bonchev–Trinajstić information content (AvgIpc) is 3.00. The predicted octanol–water partition coefficient (Wildman–Crippen LogP) is 4.72. The van der Waals surface area contributed by atoms with Crippen molar-refractivity contribution in [2.75, 3.05) is 6.26 Å².